The Labute approximate surface area is 860 Å². The van der Waals surface area contributed by atoms with Gasteiger partial charge in [-0.05, 0) is 208 Å². The molecule has 9 aliphatic rings. The van der Waals surface area contributed by atoms with Crippen LogP contribution in [0.1, 0.15) is 164 Å². The molecule has 9 saturated heterocycles. The number of likely N-dealkylation sites (N-methyl/N-ethyl adjacent to an activating group) is 9. The van der Waals surface area contributed by atoms with E-state index in [1.54, 1.807) is 0 Å². The standard InChI is InChI=1S/C15H27N3O.3C14H25N3O2.C14H25N3O.2C13H23N3O2.C10H21N3/c1-14-13-15(16-19-14)7-5-3-4-6-8-18-11-9-17(2)10-12-18;1-13-12-14(15-19-13)4-11-18-10-3-5-17-8-6-16(2)7-9-17;1-13-12-14(15-19-13)4-3-10-18-11-9-17-7-5-16(2)6-8-17;1-13-11-14(15-19-13)12-18-10-4-3-5-17-8-6-16(2)7-9-17;1-13-12-14(15-18-13)6-4-3-5-7-17-10-8-16(2)9-11-17;1-12-11-13(14-18-12)3-9-17-10-8-16-6-4-15(2)5-7-16;1-12-10-13(14-18-12)11-17-9-3-4-16-7-5-15(2)6-8-16;1-3-12-8-10(9-12)13-6-4-11(2)5-7-13/h13H,3-12H2,1-2H3;2*12H,3-11H2,1-2H3;11H,3-10,12H2,1-2H3;12H,3-11H2,1-2H3;11H,3-10H2,1-2H3;10H,3-9,11H2,1-2H3;10H,3-9H2,1-2H3. The Morgan fingerprint density at radius 3 is 0.741 bits per heavy atom. The molecular formula is C107H194N24O12. The highest BCUT2D eigenvalue weighted by Gasteiger charge is 2.32. The summed E-state index contributed by atoms with van der Waals surface area (Å²) in [5.74, 6) is 6.13. The molecular weight excluding hydrogens is 1810 g/mol. The molecule has 16 rings (SSSR count). The van der Waals surface area contributed by atoms with Crippen molar-refractivity contribution in [1.29, 1.82) is 0 Å². The summed E-state index contributed by atoms with van der Waals surface area (Å²) >= 11 is 0. The minimum absolute atomic E-state index is 0.556. The van der Waals surface area contributed by atoms with Gasteiger partial charge < -0.3 is 124 Å². The molecule has 9 aliphatic heterocycles. The lowest BCUT2D eigenvalue weighted by molar-refractivity contribution is 0.0125. The van der Waals surface area contributed by atoms with Crippen LogP contribution in [0.15, 0.2) is 74.1 Å². The number of likely N-dealkylation sites (tertiary alicyclic amines) is 1. The highest BCUT2D eigenvalue weighted by Crippen LogP contribution is 2.19. The molecule has 814 valence electrons. The molecule has 0 aliphatic carbocycles. The smallest absolute Gasteiger partial charge is 0.134 e. The maximum atomic E-state index is 5.68. The fourth-order valence-corrected chi connectivity index (χ4v) is 18.3. The number of ether oxygens (including phenoxy) is 5. The molecule has 0 unspecified atom stereocenters. The van der Waals surface area contributed by atoms with Crippen molar-refractivity contribution in [2.45, 2.75) is 184 Å². The Hall–Kier alpha value is -6.41. The van der Waals surface area contributed by atoms with Crippen molar-refractivity contribution in [1.82, 2.24) is 119 Å². The summed E-state index contributed by atoms with van der Waals surface area (Å²) in [6.07, 6.45) is 19.3. The Morgan fingerprint density at radius 2 is 0.441 bits per heavy atom. The SMILES string of the molecule is CCN1CC(N2CCN(C)CC2)C1.Cc1cc(CCCCCCN2CCN(C)CC2)no1.Cc1cc(CCCCCN2CCN(C)CC2)no1.Cc1cc(CCCOCCN2CCN(C)CC2)no1.Cc1cc(CCOCCCN2CCN(C)CC2)no1.Cc1cc(CCOCCN2CCN(C)CC2)no1.Cc1cc(COCCCCN2CCN(C)CC2)no1.Cc1cc(COCCCN2CCN(C)CC2)no1. The first-order chi connectivity index (χ1) is 69.5. The van der Waals surface area contributed by atoms with Crippen LogP contribution in [0.5, 0.6) is 0 Å². The number of nitrogens with zero attached hydrogens (tertiary/aromatic N) is 24. The van der Waals surface area contributed by atoms with E-state index in [9.17, 15) is 0 Å². The Bertz CT molecular complexity index is 3750. The van der Waals surface area contributed by atoms with Crippen molar-refractivity contribution in [3.8, 4) is 0 Å². The normalized spacial score (nSPS) is 19.1. The predicted molar refractivity (Wildman–Crippen MR) is 567 cm³/mol. The third-order valence-corrected chi connectivity index (χ3v) is 28.3. The van der Waals surface area contributed by atoms with Crippen LogP contribution in [0.4, 0.5) is 0 Å². The summed E-state index contributed by atoms with van der Waals surface area (Å²) in [7, 11) is 17.5. The van der Waals surface area contributed by atoms with E-state index in [1.165, 1.54) is 261 Å². The summed E-state index contributed by atoms with van der Waals surface area (Å²) in [5.41, 5.74) is 6.97. The van der Waals surface area contributed by atoms with E-state index >= 15 is 0 Å². The molecule has 0 aromatic carbocycles. The molecule has 0 atom stereocenters. The van der Waals surface area contributed by atoms with Gasteiger partial charge in [0, 0.05) is 336 Å². The number of aryl methyl sites for hydroxylation is 10. The minimum atomic E-state index is 0.556. The highest BCUT2D eigenvalue weighted by molar-refractivity contribution is 5.08. The molecule has 0 N–H and O–H groups in total. The number of hydrogen-bond donors (Lipinski definition) is 0. The van der Waals surface area contributed by atoms with Crippen LogP contribution in [-0.2, 0) is 69.0 Å². The number of piperazine rings is 8. The van der Waals surface area contributed by atoms with Crippen molar-refractivity contribution in [2.24, 2.45) is 0 Å². The summed E-state index contributed by atoms with van der Waals surface area (Å²) in [6.45, 7) is 73.6. The lowest BCUT2D eigenvalue weighted by Gasteiger charge is -2.47. The quantitative estimate of drug-likeness (QED) is 0.0320. The average molecular weight is 2010 g/mol. The van der Waals surface area contributed by atoms with Crippen LogP contribution in [0.25, 0.3) is 0 Å². The lowest BCUT2D eigenvalue weighted by atomic mass is 10.1. The van der Waals surface area contributed by atoms with Gasteiger partial charge in [-0.25, -0.2) is 0 Å². The van der Waals surface area contributed by atoms with Crippen LogP contribution >= 0.6 is 0 Å². The number of aromatic nitrogens is 7. The van der Waals surface area contributed by atoms with Gasteiger partial charge in [-0.1, -0.05) is 62.3 Å². The number of rotatable bonds is 48. The van der Waals surface area contributed by atoms with Gasteiger partial charge >= 0.3 is 0 Å². The molecule has 0 radical (unpaired) electrons. The van der Waals surface area contributed by atoms with Crippen molar-refractivity contribution >= 4 is 0 Å². The van der Waals surface area contributed by atoms with E-state index in [2.05, 4.69) is 183 Å². The zero-order valence-electron chi connectivity index (χ0n) is 92.0. The largest absolute Gasteiger partial charge is 0.381 e. The van der Waals surface area contributed by atoms with E-state index in [1.807, 2.05) is 90.9 Å². The first-order valence-corrected chi connectivity index (χ1v) is 54.8. The van der Waals surface area contributed by atoms with Crippen molar-refractivity contribution in [3.63, 3.8) is 0 Å². The van der Waals surface area contributed by atoms with Crippen molar-refractivity contribution in [3.05, 3.63) is 123 Å². The summed E-state index contributed by atoms with van der Waals surface area (Å²) in [4.78, 5) is 42.0. The Kier molecular flexibility index (Phi) is 60.5. The van der Waals surface area contributed by atoms with Crippen LogP contribution in [-0.4, -0.2) is 510 Å². The van der Waals surface area contributed by atoms with Gasteiger partial charge in [0.2, 0.25) is 0 Å². The predicted octanol–water partition coefficient (Wildman–Crippen LogP) is 10.0. The molecule has 0 amide bonds. The monoisotopic (exact) mass is 2010 g/mol. The Balaban J connectivity index is 0.000000183. The second-order valence-electron chi connectivity index (χ2n) is 41.3. The van der Waals surface area contributed by atoms with Crippen molar-refractivity contribution in [2.75, 3.05) is 384 Å². The van der Waals surface area contributed by atoms with Crippen LogP contribution in [0.3, 0.4) is 0 Å². The third kappa shape index (κ3) is 54.6. The van der Waals surface area contributed by atoms with Gasteiger partial charge in [0.15, 0.2) is 0 Å². The molecule has 143 heavy (non-hydrogen) atoms. The van der Waals surface area contributed by atoms with Gasteiger partial charge in [0.05, 0.1) is 68.1 Å². The summed E-state index contributed by atoms with van der Waals surface area (Å²) in [6, 6.07) is 14.7. The molecule has 36 heteroatoms. The highest BCUT2D eigenvalue weighted by atomic mass is 16.5. The maximum absolute atomic E-state index is 5.68. The number of hydrogen-bond acceptors (Lipinski definition) is 36. The first kappa shape index (κ1) is 120. The molecule has 7 aromatic rings. The third-order valence-electron chi connectivity index (χ3n) is 28.3. The van der Waals surface area contributed by atoms with Gasteiger partial charge in [-0.3, -0.25) is 14.7 Å². The number of unbranched alkanes of at least 4 members (excludes halogenated alkanes) is 6. The van der Waals surface area contributed by atoms with Gasteiger partial charge in [-0.2, -0.15) is 0 Å². The molecule has 0 spiro atoms. The van der Waals surface area contributed by atoms with E-state index < -0.39 is 0 Å². The van der Waals surface area contributed by atoms with E-state index in [-0.39, 0.29) is 0 Å². The zero-order valence-corrected chi connectivity index (χ0v) is 92.0. The molecule has 0 bridgehead atoms. The summed E-state index contributed by atoms with van der Waals surface area (Å²) in [5, 5.41) is 27.7. The van der Waals surface area contributed by atoms with E-state index in [0.29, 0.717) is 13.2 Å². The first-order valence-electron chi connectivity index (χ1n) is 54.8. The second kappa shape index (κ2) is 72.1. The Morgan fingerprint density at radius 1 is 0.217 bits per heavy atom. The molecule has 36 nitrogen and oxygen atoms in total. The van der Waals surface area contributed by atoms with Crippen LogP contribution < -0.4 is 0 Å². The average Bonchev–Trinajstić information content (AvgIpc) is 1.82. The molecule has 9 fully saturated rings. The minimum Gasteiger partial charge on any atom is -0.381 e. The van der Waals surface area contributed by atoms with Crippen LogP contribution in [0.2, 0.25) is 0 Å². The second-order valence-corrected chi connectivity index (χ2v) is 41.3. The lowest BCUT2D eigenvalue weighted by Crippen LogP contribution is -2.62. The van der Waals surface area contributed by atoms with Gasteiger partial charge in [-0.15, -0.1) is 0 Å². The maximum Gasteiger partial charge on any atom is 0.134 e. The molecule has 0 saturated carbocycles. The fraction of sp³-hybridized carbons (Fsp3) is 0.804. The zero-order chi connectivity index (χ0) is 102. The van der Waals surface area contributed by atoms with Crippen LogP contribution in [0, 0.1) is 48.5 Å². The van der Waals surface area contributed by atoms with E-state index in [0.717, 1.165) is 262 Å². The summed E-state index contributed by atoms with van der Waals surface area (Å²) < 4.78 is 63.3. The van der Waals surface area contributed by atoms with E-state index in [4.69, 9.17) is 55.3 Å². The molecule has 7 aromatic heterocycles. The van der Waals surface area contributed by atoms with Gasteiger partial charge in [0.25, 0.3) is 0 Å². The van der Waals surface area contributed by atoms with Gasteiger partial charge in [0.1, 0.15) is 51.7 Å². The topological polar surface area (TPSA) is 283 Å². The molecule has 16 heterocycles. The van der Waals surface area contributed by atoms with Crippen molar-refractivity contribution < 1.29 is 55.3 Å². The fourth-order valence-electron chi connectivity index (χ4n) is 18.3.